The molecule has 0 saturated carbocycles. The fourth-order valence-electron chi connectivity index (χ4n) is 1.97. The monoisotopic (exact) mass is 305 g/mol. The maximum absolute atomic E-state index is 6.12. The molecule has 0 spiro atoms. The predicted molar refractivity (Wildman–Crippen MR) is 88.7 cm³/mol. The van der Waals surface area contributed by atoms with Gasteiger partial charge in [-0.1, -0.05) is 48.0 Å². The highest BCUT2D eigenvalue weighted by molar-refractivity contribution is 7.99. The molecular weight excluding hydrogens is 286 g/mol. The Hall–Kier alpha value is -0.960. The Morgan fingerprint density at radius 2 is 1.85 bits per heavy atom. The third-order valence-corrected chi connectivity index (χ3v) is 4.64. The molecule has 0 heterocycles. The number of hydrogen-bond donors (Lipinski definition) is 1. The minimum absolute atomic E-state index is 0.186. The Morgan fingerprint density at radius 1 is 1.15 bits per heavy atom. The second-order valence-corrected chi connectivity index (χ2v) is 6.59. The van der Waals surface area contributed by atoms with E-state index >= 15 is 0 Å². The van der Waals surface area contributed by atoms with Gasteiger partial charge in [0.1, 0.15) is 0 Å². The summed E-state index contributed by atoms with van der Waals surface area (Å²) >= 11 is 7.89. The van der Waals surface area contributed by atoms with Crippen molar-refractivity contribution in [1.29, 1.82) is 0 Å². The third-order valence-electron chi connectivity index (χ3n) is 3.28. The molecule has 0 aliphatic carbocycles. The quantitative estimate of drug-likeness (QED) is 0.833. The van der Waals surface area contributed by atoms with E-state index in [1.165, 1.54) is 20.9 Å². The molecule has 2 aromatic rings. The van der Waals surface area contributed by atoms with Gasteiger partial charge in [-0.05, 0) is 55.7 Å². The van der Waals surface area contributed by atoms with Crippen molar-refractivity contribution in [2.24, 2.45) is 5.73 Å². The number of benzene rings is 2. The van der Waals surface area contributed by atoms with Gasteiger partial charge in [0, 0.05) is 20.9 Å². The average molecular weight is 306 g/mol. The maximum Gasteiger partial charge on any atom is 0.0409 e. The van der Waals surface area contributed by atoms with Crippen LogP contribution in [0.5, 0.6) is 0 Å². The molecule has 1 unspecified atom stereocenters. The van der Waals surface area contributed by atoms with Crippen LogP contribution in [0.2, 0.25) is 5.02 Å². The molecule has 106 valence electrons. The van der Waals surface area contributed by atoms with Gasteiger partial charge in [0.15, 0.2) is 0 Å². The summed E-state index contributed by atoms with van der Waals surface area (Å²) in [5.41, 5.74) is 8.60. The van der Waals surface area contributed by atoms with Gasteiger partial charge in [0.25, 0.3) is 0 Å². The Labute approximate surface area is 130 Å². The van der Waals surface area contributed by atoms with Crippen LogP contribution < -0.4 is 5.73 Å². The minimum atomic E-state index is 0.186. The molecule has 1 nitrogen and oxygen atoms in total. The number of halogens is 1. The van der Waals surface area contributed by atoms with E-state index in [0.717, 1.165) is 17.9 Å². The summed E-state index contributed by atoms with van der Waals surface area (Å²) in [5.74, 6) is 0. The molecule has 0 aliphatic heterocycles. The number of nitrogens with two attached hydrogens (primary N) is 1. The first-order chi connectivity index (χ1) is 9.58. The second-order valence-electron chi connectivity index (χ2n) is 5.04. The zero-order valence-corrected chi connectivity index (χ0v) is 13.5. The number of rotatable bonds is 5. The van der Waals surface area contributed by atoms with Gasteiger partial charge in [-0.25, -0.2) is 0 Å². The summed E-state index contributed by atoms with van der Waals surface area (Å²) in [6.45, 7) is 4.21. The van der Waals surface area contributed by atoms with E-state index in [0.29, 0.717) is 0 Å². The summed E-state index contributed by atoms with van der Waals surface area (Å²) in [7, 11) is 0. The predicted octanol–water partition coefficient (Wildman–Crippen LogP) is 5.08. The molecule has 0 saturated heterocycles. The van der Waals surface area contributed by atoms with Crippen LogP contribution in [-0.2, 0) is 6.42 Å². The van der Waals surface area contributed by atoms with Crippen molar-refractivity contribution in [2.45, 2.75) is 42.5 Å². The Balaban J connectivity index is 2.23. The minimum Gasteiger partial charge on any atom is -0.327 e. The summed E-state index contributed by atoms with van der Waals surface area (Å²) in [4.78, 5) is 2.48. The lowest BCUT2D eigenvalue weighted by molar-refractivity contribution is 0.641. The summed E-state index contributed by atoms with van der Waals surface area (Å²) in [6.07, 6.45) is 1.84. The van der Waals surface area contributed by atoms with Gasteiger partial charge in [-0.3, -0.25) is 0 Å². The van der Waals surface area contributed by atoms with E-state index in [4.69, 9.17) is 17.3 Å². The highest BCUT2D eigenvalue weighted by Gasteiger charge is 2.09. The summed E-state index contributed by atoms with van der Waals surface area (Å²) in [5, 5.41) is 0.775. The molecule has 1 atom stereocenters. The van der Waals surface area contributed by atoms with Gasteiger partial charge in [-0.15, -0.1) is 0 Å². The van der Waals surface area contributed by atoms with Crippen molar-refractivity contribution >= 4 is 23.4 Å². The van der Waals surface area contributed by atoms with Crippen molar-refractivity contribution in [3.8, 4) is 0 Å². The van der Waals surface area contributed by atoms with Crippen molar-refractivity contribution in [2.75, 3.05) is 0 Å². The zero-order valence-electron chi connectivity index (χ0n) is 11.9. The molecule has 2 aromatic carbocycles. The molecule has 0 aromatic heterocycles. The first-order valence-corrected chi connectivity index (χ1v) is 8.06. The topological polar surface area (TPSA) is 26.0 Å². The van der Waals surface area contributed by atoms with Crippen LogP contribution in [0.3, 0.4) is 0 Å². The highest BCUT2D eigenvalue weighted by atomic mass is 35.5. The van der Waals surface area contributed by atoms with Gasteiger partial charge in [-0.2, -0.15) is 0 Å². The zero-order chi connectivity index (χ0) is 14.5. The molecule has 2 rings (SSSR count). The van der Waals surface area contributed by atoms with Gasteiger partial charge < -0.3 is 5.73 Å². The van der Waals surface area contributed by atoms with Crippen LogP contribution in [0, 0.1) is 6.92 Å². The van der Waals surface area contributed by atoms with E-state index in [1.54, 1.807) is 11.8 Å². The Morgan fingerprint density at radius 3 is 2.50 bits per heavy atom. The van der Waals surface area contributed by atoms with E-state index in [9.17, 15) is 0 Å². The lowest BCUT2D eigenvalue weighted by Crippen LogP contribution is -2.21. The van der Waals surface area contributed by atoms with Gasteiger partial charge >= 0.3 is 0 Å². The molecule has 0 fully saturated rings. The van der Waals surface area contributed by atoms with Crippen LogP contribution in [0.1, 0.15) is 24.5 Å². The molecule has 0 radical (unpaired) electrons. The van der Waals surface area contributed by atoms with Gasteiger partial charge in [0.2, 0.25) is 0 Å². The normalized spacial score (nSPS) is 12.4. The van der Waals surface area contributed by atoms with Crippen LogP contribution in [-0.4, -0.2) is 6.04 Å². The average Bonchev–Trinajstić information content (AvgIpc) is 2.44. The standard InChI is InChI=1S/C17H20ClNS/c1-3-15(19)11-13-10-14(18)6-9-17(13)20-16-7-4-12(2)5-8-16/h4-10,15H,3,11,19H2,1-2H3. The van der Waals surface area contributed by atoms with Gasteiger partial charge in [0.05, 0.1) is 0 Å². The fourth-order valence-corrected chi connectivity index (χ4v) is 3.10. The van der Waals surface area contributed by atoms with Crippen molar-refractivity contribution in [3.05, 3.63) is 58.6 Å². The lowest BCUT2D eigenvalue weighted by Gasteiger charge is -2.13. The summed E-state index contributed by atoms with van der Waals surface area (Å²) in [6, 6.07) is 14.8. The third kappa shape index (κ3) is 4.27. The molecule has 20 heavy (non-hydrogen) atoms. The Bertz CT molecular complexity index is 566. The fraction of sp³-hybridized carbons (Fsp3) is 0.294. The molecule has 0 amide bonds. The lowest BCUT2D eigenvalue weighted by atomic mass is 10.0. The van der Waals surface area contributed by atoms with E-state index < -0.39 is 0 Å². The highest BCUT2D eigenvalue weighted by Crippen LogP contribution is 2.32. The largest absolute Gasteiger partial charge is 0.327 e. The van der Waals surface area contributed by atoms with E-state index in [-0.39, 0.29) is 6.04 Å². The molecule has 3 heteroatoms. The number of aryl methyl sites for hydroxylation is 1. The van der Waals surface area contributed by atoms with E-state index in [1.807, 2.05) is 12.1 Å². The van der Waals surface area contributed by atoms with Crippen LogP contribution in [0.25, 0.3) is 0 Å². The molecule has 0 bridgehead atoms. The van der Waals surface area contributed by atoms with Crippen molar-refractivity contribution in [3.63, 3.8) is 0 Å². The SMILES string of the molecule is CCC(N)Cc1cc(Cl)ccc1Sc1ccc(C)cc1. The first kappa shape index (κ1) is 15.4. The number of hydrogen-bond acceptors (Lipinski definition) is 2. The first-order valence-electron chi connectivity index (χ1n) is 6.87. The van der Waals surface area contributed by atoms with Crippen molar-refractivity contribution in [1.82, 2.24) is 0 Å². The smallest absolute Gasteiger partial charge is 0.0409 e. The van der Waals surface area contributed by atoms with Crippen LogP contribution >= 0.6 is 23.4 Å². The van der Waals surface area contributed by atoms with Crippen LogP contribution in [0.4, 0.5) is 0 Å². The molecular formula is C17H20ClNS. The van der Waals surface area contributed by atoms with Crippen molar-refractivity contribution < 1.29 is 0 Å². The second kappa shape index (κ2) is 7.16. The molecule has 0 aliphatic rings. The van der Waals surface area contributed by atoms with E-state index in [2.05, 4.69) is 44.2 Å². The maximum atomic E-state index is 6.12. The Kier molecular flexibility index (Phi) is 5.53. The molecule has 2 N–H and O–H groups in total. The summed E-state index contributed by atoms with van der Waals surface area (Å²) < 4.78 is 0. The van der Waals surface area contributed by atoms with Crippen LogP contribution in [0.15, 0.2) is 52.3 Å².